The highest BCUT2D eigenvalue weighted by Crippen LogP contribution is 2.10. The van der Waals surface area contributed by atoms with Crippen molar-refractivity contribution in [2.24, 2.45) is 4.99 Å². The highest BCUT2D eigenvalue weighted by Gasteiger charge is 1.98. The van der Waals surface area contributed by atoms with Crippen LogP contribution in [0.15, 0.2) is 41.4 Å². The van der Waals surface area contributed by atoms with Crippen LogP contribution in [0, 0.1) is 0 Å². The van der Waals surface area contributed by atoms with Crippen LogP contribution in [0.2, 0.25) is 0 Å². The summed E-state index contributed by atoms with van der Waals surface area (Å²) in [7, 11) is 1.78. The minimum Gasteiger partial charge on any atom is -0.344 e. The summed E-state index contributed by atoms with van der Waals surface area (Å²) in [5, 5.41) is 3.24. The van der Waals surface area contributed by atoms with Gasteiger partial charge in [0.25, 0.3) is 0 Å². The number of allylic oxidation sites excluding steroid dienone is 1. The Labute approximate surface area is 85.4 Å². The molecule has 0 aromatic heterocycles. The van der Waals surface area contributed by atoms with Gasteiger partial charge < -0.3 is 5.32 Å². The van der Waals surface area contributed by atoms with Crippen LogP contribution < -0.4 is 5.32 Å². The summed E-state index contributed by atoms with van der Waals surface area (Å²) >= 11 is 0. The SMILES string of the molecule is C/C=C(\NC(C)=NC)c1ccccc1. The van der Waals surface area contributed by atoms with Crippen LogP contribution in [0.5, 0.6) is 0 Å². The van der Waals surface area contributed by atoms with Gasteiger partial charge in [0.2, 0.25) is 0 Å². The second-order valence-corrected chi connectivity index (χ2v) is 3.00. The van der Waals surface area contributed by atoms with Crippen LogP contribution in [0.3, 0.4) is 0 Å². The van der Waals surface area contributed by atoms with Crippen molar-refractivity contribution in [2.75, 3.05) is 7.05 Å². The predicted molar refractivity (Wildman–Crippen MR) is 62.3 cm³/mol. The molecule has 1 N–H and O–H groups in total. The van der Waals surface area contributed by atoms with Gasteiger partial charge in [-0.2, -0.15) is 0 Å². The number of hydrogen-bond acceptors (Lipinski definition) is 1. The molecule has 0 atom stereocenters. The van der Waals surface area contributed by atoms with Gasteiger partial charge in [-0.1, -0.05) is 36.4 Å². The Hall–Kier alpha value is -1.57. The number of nitrogens with one attached hydrogen (secondary N) is 1. The summed E-state index contributed by atoms with van der Waals surface area (Å²) in [5.41, 5.74) is 2.27. The lowest BCUT2D eigenvalue weighted by atomic mass is 10.1. The average Bonchev–Trinajstić information content (AvgIpc) is 2.26. The summed E-state index contributed by atoms with van der Waals surface area (Å²) in [5.74, 6) is 0.918. The van der Waals surface area contributed by atoms with E-state index in [-0.39, 0.29) is 0 Å². The first-order valence-electron chi connectivity index (χ1n) is 4.70. The monoisotopic (exact) mass is 188 g/mol. The molecule has 0 aliphatic heterocycles. The fraction of sp³-hybridized carbons (Fsp3) is 0.250. The number of aliphatic imine (C=N–C) groups is 1. The predicted octanol–water partition coefficient (Wildman–Crippen LogP) is 2.69. The van der Waals surface area contributed by atoms with Crippen LogP contribution in [0.1, 0.15) is 19.4 Å². The lowest BCUT2D eigenvalue weighted by molar-refractivity contribution is 1.22. The van der Waals surface area contributed by atoms with Crippen molar-refractivity contribution >= 4 is 11.5 Å². The highest BCUT2D eigenvalue weighted by molar-refractivity contribution is 5.88. The van der Waals surface area contributed by atoms with Gasteiger partial charge in [-0.15, -0.1) is 0 Å². The molecule has 0 aliphatic carbocycles. The van der Waals surface area contributed by atoms with Gasteiger partial charge in [0.15, 0.2) is 0 Å². The minimum absolute atomic E-state index is 0.918. The number of rotatable bonds is 2. The zero-order valence-corrected chi connectivity index (χ0v) is 8.91. The van der Waals surface area contributed by atoms with Crippen molar-refractivity contribution in [3.8, 4) is 0 Å². The van der Waals surface area contributed by atoms with Gasteiger partial charge >= 0.3 is 0 Å². The van der Waals surface area contributed by atoms with Crippen LogP contribution in [0.25, 0.3) is 5.70 Å². The molecule has 0 unspecified atom stereocenters. The van der Waals surface area contributed by atoms with Crippen molar-refractivity contribution in [1.29, 1.82) is 0 Å². The van der Waals surface area contributed by atoms with Crippen molar-refractivity contribution in [2.45, 2.75) is 13.8 Å². The standard InChI is InChI=1S/C12H16N2/c1-4-12(14-10(2)13-3)11-8-6-5-7-9-11/h4-9H,1-3H3,(H,13,14)/b12-4-. The number of benzene rings is 1. The summed E-state index contributed by atoms with van der Waals surface area (Å²) in [6.45, 7) is 3.96. The molecule has 2 heteroatoms. The minimum atomic E-state index is 0.918. The lowest BCUT2D eigenvalue weighted by Crippen LogP contribution is -2.18. The molecule has 0 saturated heterocycles. The molecule has 0 aliphatic rings. The van der Waals surface area contributed by atoms with Gasteiger partial charge in [-0.25, -0.2) is 0 Å². The second kappa shape index (κ2) is 5.22. The van der Waals surface area contributed by atoms with E-state index in [2.05, 4.69) is 22.4 Å². The molecule has 1 aromatic carbocycles. The Morgan fingerprint density at radius 3 is 2.43 bits per heavy atom. The fourth-order valence-corrected chi connectivity index (χ4v) is 1.18. The first-order chi connectivity index (χ1) is 6.77. The molecule has 0 amide bonds. The maximum Gasteiger partial charge on any atom is 0.0972 e. The van der Waals surface area contributed by atoms with Gasteiger partial charge in [-0.05, 0) is 19.4 Å². The third-order valence-corrected chi connectivity index (χ3v) is 2.02. The fourth-order valence-electron chi connectivity index (χ4n) is 1.18. The summed E-state index contributed by atoms with van der Waals surface area (Å²) in [6, 6.07) is 10.2. The maximum atomic E-state index is 4.07. The second-order valence-electron chi connectivity index (χ2n) is 3.00. The van der Waals surface area contributed by atoms with E-state index in [1.807, 2.05) is 38.1 Å². The Kier molecular flexibility index (Phi) is 3.92. The van der Waals surface area contributed by atoms with Gasteiger partial charge in [-0.3, -0.25) is 4.99 Å². The van der Waals surface area contributed by atoms with E-state index in [1.165, 1.54) is 5.56 Å². The molecular weight excluding hydrogens is 172 g/mol. The molecular formula is C12H16N2. The largest absolute Gasteiger partial charge is 0.344 e. The molecule has 2 nitrogen and oxygen atoms in total. The third-order valence-electron chi connectivity index (χ3n) is 2.02. The van der Waals surface area contributed by atoms with E-state index < -0.39 is 0 Å². The first kappa shape index (κ1) is 10.5. The summed E-state index contributed by atoms with van der Waals surface area (Å²) in [4.78, 5) is 4.07. The molecule has 0 radical (unpaired) electrons. The zero-order valence-electron chi connectivity index (χ0n) is 8.91. The normalized spacial score (nSPS) is 12.8. The molecule has 74 valence electrons. The number of amidine groups is 1. The van der Waals surface area contributed by atoms with E-state index in [0.29, 0.717) is 0 Å². The van der Waals surface area contributed by atoms with E-state index >= 15 is 0 Å². The van der Waals surface area contributed by atoms with Gasteiger partial charge in [0.1, 0.15) is 0 Å². The smallest absolute Gasteiger partial charge is 0.0972 e. The quantitative estimate of drug-likeness (QED) is 0.560. The van der Waals surface area contributed by atoms with Crippen LogP contribution in [0.4, 0.5) is 0 Å². The van der Waals surface area contributed by atoms with E-state index in [9.17, 15) is 0 Å². The Morgan fingerprint density at radius 2 is 1.93 bits per heavy atom. The molecule has 1 aromatic rings. The Bertz CT molecular complexity index is 337. The van der Waals surface area contributed by atoms with E-state index in [1.54, 1.807) is 7.05 Å². The first-order valence-corrected chi connectivity index (χ1v) is 4.70. The lowest BCUT2D eigenvalue weighted by Gasteiger charge is -2.09. The molecule has 0 bridgehead atoms. The van der Waals surface area contributed by atoms with Crippen molar-refractivity contribution in [1.82, 2.24) is 5.32 Å². The van der Waals surface area contributed by atoms with Crippen LogP contribution in [-0.2, 0) is 0 Å². The molecule has 0 heterocycles. The van der Waals surface area contributed by atoms with Crippen molar-refractivity contribution < 1.29 is 0 Å². The summed E-state index contributed by atoms with van der Waals surface area (Å²) < 4.78 is 0. The van der Waals surface area contributed by atoms with Crippen LogP contribution >= 0.6 is 0 Å². The van der Waals surface area contributed by atoms with Crippen LogP contribution in [-0.4, -0.2) is 12.9 Å². The van der Waals surface area contributed by atoms with Crippen molar-refractivity contribution in [3.63, 3.8) is 0 Å². The number of nitrogens with zero attached hydrogens (tertiary/aromatic N) is 1. The van der Waals surface area contributed by atoms with E-state index in [4.69, 9.17) is 0 Å². The number of hydrogen-bond donors (Lipinski definition) is 1. The Balaban J connectivity index is 2.85. The summed E-state index contributed by atoms with van der Waals surface area (Å²) in [6.07, 6.45) is 2.05. The van der Waals surface area contributed by atoms with Gasteiger partial charge in [0, 0.05) is 12.7 Å². The van der Waals surface area contributed by atoms with Crippen molar-refractivity contribution in [3.05, 3.63) is 42.0 Å². The topological polar surface area (TPSA) is 24.4 Å². The molecule has 0 fully saturated rings. The third kappa shape index (κ3) is 2.73. The average molecular weight is 188 g/mol. The maximum absolute atomic E-state index is 4.07. The van der Waals surface area contributed by atoms with E-state index in [0.717, 1.165) is 11.5 Å². The molecule has 14 heavy (non-hydrogen) atoms. The highest BCUT2D eigenvalue weighted by atomic mass is 15.0. The Morgan fingerprint density at radius 1 is 1.29 bits per heavy atom. The zero-order chi connectivity index (χ0) is 10.4. The molecule has 0 saturated carbocycles. The molecule has 1 rings (SSSR count). The van der Waals surface area contributed by atoms with Gasteiger partial charge in [0.05, 0.1) is 5.84 Å². The molecule has 0 spiro atoms.